The zero-order valence-electron chi connectivity index (χ0n) is 9.56. The van der Waals surface area contributed by atoms with E-state index in [0.29, 0.717) is 6.04 Å². The molecule has 17 heavy (non-hydrogen) atoms. The molecule has 88 valence electrons. The molecule has 4 N–H and O–H groups in total. The van der Waals surface area contributed by atoms with Crippen molar-refractivity contribution >= 4 is 0 Å². The molecular weight excluding hydrogens is 212 g/mol. The lowest BCUT2D eigenvalue weighted by molar-refractivity contribution is 0.494. The van der Waals surface area contributed by atoms with Crippen LogP contribution in [0.3, 0.4) is 0 Å². The van der Waals surface area contributed by atoms with Crippen LogP contribution in [0.1, 0.15) is 35.3 Å². The summed E-state index contributed by atoms with van der Waals surface area (Å²) in [6.45, 7) is 0.797. The number of hydrogen-bond donors (Lipinski definition) is 3. The Morgan fingerprint density at radius 1 is 1.29 bits per heavy atom. The molecule has 2 aromatic rings. The summed E-state index contributed by atoms with van der Waals surface area (Å²) >= 11 is 0. The average molecular weight is 228 g/mol. The number of benzene rings is 1. The third-order valence-corrected chi connectivity index (χ3v) is 3.36. The summed E-state index contributed by atoms with van der Waals surface area (Å²) in [7, 11) is 0. The maximum absolute atomic E-state index is 6.13. The van der Waals surface area contributed by atoms with Crippen LogP contribution < -0.4 is 11.1 Å². The normalized spacial score (nSPS) is 22.6. The Bertz CT molecular complexity index is 492. The fraction of sp³-hybridized carbons (Fsp3) is 0.308. The second kappa shape index (κ2) is 4.31. The number of aromatic amines is 1. The van der Waals surface area contributed by atoms with Gasteiger partial charge in [-0.05, 0) is 23.6 Å². The molecule has 0 saturated heterocycles. The molecule has 2 unspecified atom stereocenters. The SMILES string of the molecule is NC1CC(NCc2ccn[nH]2)c2ccccc21. The van der Waals surface area contributed by atoms with Gasteiger partial charge in [0.05, 0.1) is 0 Å². The second-order valence-corrected chi connectivity index (χ2v) is 4.49. The van der Waals surface area contributed by atoms with Crippen LogP contribution in [-0.4, -0.2) is 10.2 Å². The summed E-state index contributed by atoms with van der Waals surface area (Å²) in [6.07, 6.45) is 2.73. The molecule has 0 fully saturated rings. The number of nitrogens with two attached hydrogens (primary N) is 1. The Hall–Kier alpha value is -1.65. The molecule has 0 spiro atoms. The highest BCUT2D eigenvalue weighted by atomic mass is 15.1. The lowest BCUT2D eigenvalue weighted by atomic mass is 10.1. The summed E-state index contributed by atoms with van der Waals surface area (Å²) in [5, 5.41) is 10.4. The zero-order valence-corrected chi connectivity index (χ0v) is 9.56. The molecule has 1 aromatic heterocycles. The van der Waals surface area contributed by atoms with Crippen molar-refractivity contribution < 1.29 is 0 Å². The van der Waals surface area contributed by atoms with Gasteiger partial charge in [0.2, 0.25) is 0 Å². The Morgan fingerprint density at radius 3 is 2.88 bits per heavy atom. The number of fused-ring (bicyclic) bond motifs is 1. The number of rotatable bonds is 3. The van der Waals surface area contributed by atoms with Crippen LogP contribution >= 0.6 is 0 Å². The van der Waals surface area contributed by atoms with Crippen LogP contribution in [0.4, 0.5) is 0 Å². The van der Waals surface area contributed by atoms with Crippen LogP contribution in [0.2, 0.25) is 0 Å². The summed E-state index contributed by atoms with van der Waals surface area (Å²) in [4.78, 5) is 0. The highest BCUT2D eigenvalue weighted by molar-refractivity contribution is 5.37. The highest BCUT2D eigenvalue weighted by Crippen LogP contribution is 2.36. The molecule has 0 saturated carbocycles. The van der Waals surface area contributed by atoms with Gasteiger partial charge >= 0.3 is 0 Å². The van der Waals surface area contributed by atoms with E-state index in [4.69, 9.17) is 5.73 Å². The van der Waals surface area contributed by atoms with E-state index in [-0.39, 0.29) is 6.04 Å². The zero-order chi connectivity index (χ0) is 11.7. The number of hydrogen-bond acceptors (Lipinski definition) is 3. The van der Waals surface area contributed by atoms with Crippen LogP contribution in [0.25, 0.3) is 0 Å². The van der Waals surface area contributed by atoms with Gasteiger partial charge in [-0.25, -0.2) is 0 Å². The van der Waals surface area contributed by atoms with Crippen molar-refractivity contribution in [1.82, 2.24) is 15.5 Å². The first kappa shape index (κ1) is 10.5. The minimum atomic E-state index is 0.158. The first-order valence-electron chi connectivity index (χ1n) is 5.90. The summed E-state index contributed by atoms with van der Waals surface area (Å²) in [5.74, 6) is 0. The molecule has 3 rings (SSSR count). The summed E-state index contributed by atoms with van der Waals surface area (Å²) in [6, 6.07) is 10.9. The smallest absolute Gasteiger partial charge is 0.0490 e. The fourth-order valence-electron chi connectivity index (χ4n) is 2.48. The number of nitrogens with one attached hydrogen (secondary N) is 2. The van der Waals surface area contributed by atoms with Crippen LogP contribution in [0.5, 0.6) is 0 Å². The first-order chi connectivity index (χ1) is 8.34. The number of H-pyrrole nitrogens is 1. The van der Waals surface area contributed by atoms with Gasteiger partial charge in [0, 0.05) is 30.5 Å². The van der Waals surface area contributed by atoms with E-state index in [1.165, 1.54) is 11.1 Å². The largest absolute Gasteiger partial charge is 0.324 e. The lowest BCUT2D eigenvalue weighted by Crippen LogP contribution is -2.19. The summed E-state index contributed by atoms with van der Waals surface area (Å²) in [5.41, 5.74) is 9.83. The van der Waals surface area contributed by atoms with Crippen molar-refractivity contribution in [2.45, 2.75) is 25.0 Å². The van der Waals surface area contributed by atoms with Gasteiger partial charge in [0.25, 0.3) is 0 Å². The monoisotopic (exact) mass is 228 g/mol. The second-order valence-electron chi connectivity index (χ2n) is 4.49. The molecule has 0 aliphatic heterocycles. The van der Waals surface area contributed by atoms with Crippen molar-refractivity contribution in [3.05, 3.63) is 53.3 Å². The standard InChI is InChI=1S/C13H16N4/c14-12-7-13(11-4-2-1-3-10(11)12)15-8-9-5-6-16-17-9/h1-6,12-13,15H,7-8,14H2,(H,16,17). The van der Waals surface area contributed by atoms with E-state index in [9.17, 15) is 0 Å². The van der Waals surface area contributed by atoms with Gasteiger partial charge in [-0.1, -0.05) is 24.3 Å². The lowest BCUT2D eigenvalue weighted by Gasteiger charge is -2.12. The topological polar surface area (TPSA) is 66.7 Å². The Balaban J connectivity index is 1.73. The van der Waals surface area contributed by atoms with Crippen molar-refractivity contribution in [3.8, 4) is 0 Å². The summed E-state index contributed by atoms with van der Waals surface area (Å²) < 4.78 is 0. The maximum Gasteiger partial charge on any atom is 0.0490 e. The van der Waals surface area contributed by atoms with E-state index in [2.05, 4.69) is 39.8 Å². The predicted molar refractivity (Wildman–Crippen MR) is 66.2 cm³/mol. The first-order valence-corrected chi connectivity index (χ1v) is 5.90. The molecule has 1 aliphatic rings. The van der Waals surface area contributed by atoms with E-state index < -0.39 is 0 Å². The Kier molecular flexibility index (Phi) is 2.66. The molecule has 0 bridgehead atoms. The maximum atomic E-state index is 6.13. The van der Waals surface area contributed by atoms with Crippen LogP contribution in [0.15, 0.2) is 36.5 Å². The number of nitrogens with zero attached hydrogens (tertiary/aromatic N) is 1. The third kappa shape index (κ3) is 1.97. The molecule has 4 heteroatoms. The molecule has 0 radical (unpaired) electrons. The molecule has 0 amide bonds. The van der Waals surface area contributed by atoms with E-state index in [0.717, 1.165) is 18.7 Å². The van der Waals surface area contributed by atoms with Crippen molar-refractivity contribution in [3.63, 3.8) is 0 Å². The molecule has 1 heterocycles. The van der Waals surface area contributed by atoms with Gasteiger partial charge in [-0.2, -0.15) is 5.10 Å². The van der Waals surface area contributed by atoms with E-state index >= 15 is 0 Å². The van der Waals surface area contributed by atoms with Crippen LogP contribution in [-0.2, 0) is 6.54 Å². The third-order valence-electron chi connectivity index (χ3n) is 3.36. The Labute approximate surface area is 100 Å². The van der Waals surface area contributed by atoms with Gasteiger partial charge < -0.3 is 11.1 Å². The molecular formula is C13H16N4. The molecule has 1 aliphatic carbocycles. The molecule has 4 nitrogen and oxygen atoms in total. The molecule has 2 atom stereocenters. The predicted octanol–water partition coefficient (Wildman–Crippen LogP) is 1.64. The minimum Gasteiger partial charge on any atom is -0.324 e. The highest BCUT2D eigenvalue weighted by Gasteiger charge is 2.27. The fourth-order valence-corrected chi connectivity index (χ4v) is 2.48. The van der Waals surface area contributed by atoms with Gasteiger partial charge in [-0.15, -0.1) is 0 Å². The van der Waals surface area contributed by atoms with Gasteiger partial charge in [0.1, 0.15) is 0 Å². The van der Waals surface area contributed by atoms with Crippen molar-refractivity contribution in [2.24, 2.45) is 5.73 Å². The van der Waals surface area contributed by atoms with E-state index in [1.54, 1.807) is 6.20 Å². The minimum absolute atomic E-state index is 0.158. The number of aromatic nitrogens is 2. The Morgan fingerprint density at radius 2 is 2.12 bits per heavy atom. The van der Waals surface area contributed by atoms with Gasteiger partial charge in [0.15, 0.2) is 0 Å². The quantitative estimate of drug-likeness (QED) is 0.748. The van der Waals surface area contributed by atoms with Crippen molar-refractivity contribution in [2.75, 3.05) is 0 Å². The molecule has 1 aromatic carbocycles. The van der Waals surface area contributed by atoms with Crippen LogP contribution in [0, 0.1) is 0 Å². The van der Waals surface area contributed by atoms with Gasteiger partial charge in [-0.3, -0.25) is 5.10 Å². The van der Waals surface area contributed by atoms with Crippen molar-refractivity contribution in [1.29, 1.82) is 0 Å². The van der Waals surface area contributed by atoms with E-state index in [1.807, 2.05) is 6.07 Å². The average Bonchev–Trinajstić information content (AvgIpc) is 2.96.